The second kappa shape index (κ2) is 5.35. The largest absolute Gasteiger partial charge is 0.280 e. The van der Waals surface area contributed by atoms with Crippen molar-refractivity contribution in [3.63, 3.8) is 0 Å². The number of aryl methyl sites for hydroxylation is 3. The SMILES string of the molecule is CCn1nc(C)c2nc(CCl)n(-c3ccc(C)c(Cl)c3)c21. The van der Waals surface area contributed by atoms with Crippen LogP contribution < -0.4 is 0 Å². The molecule has 21 heavy (non-hydrogen) atoms. The molecule has 0 unspecified atom stereocenters. The lowest BCUT2D eigenvalue weighted by Gasteiger charge is -2.10. The van der Waals surface area contributed by atoms with Crippen molar-refractivity contribution in [1.29, 1.82) is 0 Å². The van der Waals surface area contributed by atoms with Gasteiger partial charge in [0.25, 0.3) is 0 Å². The number of benzene rings is 1. The molecule has 3 aromatic rings. The molecule has 4 nitrogen and oxygen atoms in total. The Hall–Kier alpha value is -1.52. The third-order valence-corrected chi connectivity index (χ3v) is 4.26. The third kappa shape index (κ3) is 2.23. The van der Waals surface area contributed by atoms with Gasteiger partial charge >= 0.3 is 0 Å². The molecule has 110 valence electrons. The minimum atomic E-state index is 0.337. The summed E-state index contributed by atoms with van der Waals surface area (Å²) in [6.45, 7) is 6.79. The van der Waals surface area contributed by atoms with E-state index >= 15 is 0 Å². The van der Waals surface area contributed by atoms with Gasteiger partial charge in [0, 0.05) is 11.6 Å². The molecule has 3 rings (SSSR count). The fourth-order valence-electron chi connectivity index (χ4n) is 2.52. The quantitative estimate of drug-likeness (QED) is 0.676. The van der Waals surface area contributed by atoms with Crippen LogP contribution in [0.5, 0.6) is 0 Å². The van der Waals surface area contributed by atoms with E-state index in [1.54, 1.807) is 0 Å². The van der Waals surface area contributed by atoms with Gasteiger partial charge < -0.3 is 0 Å². The van der Waals surface area contributed by atoms with Crippen molar-refractivity contribution in [2.45, 2.75) is 33.2 Å². The van der Waals surface area contributed by atoms with Gasteiger partial charge in [-0.25, -0.2) is 9.67 Å². The summed E-state index contributed by atoms with van der Waals surface area (Å²) in [5.41, 5.74) is 4.77. The predicted octanol–water partition coefficient (Wildman–Crippen LogP) is 4.25. The van der Waals surface area contributed by atoms with E-state index in [1.807, 2.05) is 41.3 Å². The van der Waals surface area contributed by atoms with Crippen LogP contribution in [0.15, 0.2) is 18.2 Å². The Balaban J connectivity index is 2.36. The van der Waals surface area contributed by atoms with Crippen LogP contribution in [0.2, 0.25) is 5.02 Å². The summed E-state index contributed by atoms with van der Waals surface area (Å²) in [6, 6.07) is 5.97. The second-order valence-corrected chi connectivity index (χ2v) is 5.68. The Labute approximate surface area is 133 Å². The van der Waals surface area contributed by atoms with Crippen molar-refractivity contribution in [2.24, 2.45) is 0 Å². The van der Waals surface area contributed by atoms with Crippen LogP contribution in [0.4, 0.5) is 0 Å². The fraction of sp³-hybridized carbons (Fsp3) is 0.333. The Bertz CT molecular complexity index is 817. The first-order chi connectivity index (χ1) is 10.1. The van der Waals surface area contributed by atoms with Crippen molar-refractivity contribution in [3.05, 3.63) is 40.3 Å². The van der Waals surface area contributed by atoms with E-state index in [9.17, 15) is 0 Å². The molecule has 0 N–H and O–H groups in total. The van der Waals surface area contributed by atoms with E-state index in [2.05, 4.69) is 17.0 Å². The zero-order valence-electron chi connectivity index (χ0n) is 12.2. The second-order valence-electron chi connectivity index (χ2n) is 5.00. The van der Waals surface area contributed by atoms with Crippen molar-refractivity contribution in [1.82, 2.24) is 19.3 Å². The van der Waals surface area contributed by atoms with Crippen molar-refractivity contribution >= 4 is 34.4 Å². The first kappa shape index (κ1) is 14.4. The van der Waals surface area contributed by atoms with Crippen LogP contribution in [-0.4, -0.2) is 19.3 Å². The normalized spacial score (nSPS) is 11.5. The number of imidazole rings is 1. The number of nitrogens with zero attached hydrogens (tertiary/aromatic N) is 4. The lowest BCUT2D eigenvalue weighted by atomic mass is 10.2. The molecule has 0 spiro atoms. The molecule has 0 amide bonds. The van der Waals surface area contributed by atoms with Gasteiger partial charge in [0.2, 0.25) is 0 Å². The van der Waals surface area contributed by atoms with Crippen molar-refractivity contribution in [3.8, 4) is 5.69 Å². The van der Waals surface area contributed by atoms with E-state index < -0.39 is 0 Å². The van der Waals surface area contributed by atoms with Gasteiger partial charge in [-0.15, -0.1) is 11.6 Å². The minimum Gasteiger partial charge on any atom is -0.280 e. The third-order valence-electron chi connectivity index (χ3n) is 3.61. The highest BCUT2D eigenvalue weighted by molar-refractivity contribution is 6.31. The van der Waals surface area contributed by atoms with Gasteiger partial charge in [-0.05, 0) is 38.5 Å². The summed E-state index contributed by atoms with van der Waals surface area (Å²) in [6.07, 6.45) is 0. The molecule has 0 fully saturated rings. The fourth-order valence-corrected chi connectivity index (χ4v) is 2.87. The van der Waals surface area contributed by atoms with Gasteiger partial charge in [0.1, 0.15) is 11.3 Å². The average Bonchev–Trinajstić information content (AvgIpc) is 2.99. The van der Waals surface area contributed by atoms with Crippen LogP contribution in [-0.2, 0) is 12.4 Å². The van der Waals surface area contributed by atoms with E-state index in [1.165, 1.54) is 0 Å². The maximum atomic E-state index is 6.27. The Morgan fingerprint density at radius 2 is 2.00 bits per heavy atom. The van der Waals surface area contributed by atoms with Gasteiger partial charge in [0.05, 0.1) is 17.3 Å². The molecule has 0 aliphatic heterocycles. The molecule has 1 aromatic carbocycles. The topological polar surface area (TPSA) is 35.6 Å². The molecule has 2 aromatic heterocycles. The number of hydrogen-bond acceptors (Lipinski definition) is 2. The van der Waals surface area contributed by atoms with Gasteiger partial charge in [0.15, 0.2) is 5.65 Å². The number of fused-ring (bicyclic) bond motifs is 1. The first-order valence-electron chi connectivity index (χ1n) is 6.84. The number of aromatic nitrogens is 4. The maximum absolute atomic E-state index is 6.27. The van der Waals surface area contributed by atoms with Crippen LogP contribution in [0.1, 0.15) is 24.0 Å². The molecule has 0 atom stereocenters. The average molecular weight is 323 g/mol. The van der Waals surface area contributed by atoms with Gasteiger partial charge in [-0.3, -0.25) is 4.57 Å². The van der Waals surface area contributed by atoms with E-state index in [4.69, 9.17) is 23.2 Å². The first-order valence-corrected chi connectivity index (χ1v) is 7.75. The summed E-state index contributed by atoms with van der Waals surface area (Å²) in [5.74, 6) is 1.14. The lowest BCUT2D eigenvalue weighted by molar-refractivity contribution is 0.660. The Morgan fingerprint density at radius 1 is 1.24 bits per heavy atom. The molecule has 2 heterocycles. The molecule has 0 bridgehead atoms. The zero-order valence-corrected chi connectivity index (χ0v) is 13.7. The summed E-state index contributed by atoms with van der Waals surface area (Å²) in [7, 11) is 0. The highest BCUT2D eigenvalue weighted by Gasteiger charge is 2.19. The molecule has 0 aliphatic carbocycles. The highest BCUT2D eigenvalue weighted by atomic mass is 35.5. The Morgan fingerprint density at radius 3 is 2.62 bits per heavy atom. The molecule has 0 saturated heterocycles. The van der Waals surface area contributed by atoms with E-state index in [-0.39, 0.29) is 0 Å². The maximum Gasteiger partial charge on any atom is 0.163 e. The molecule has 0 radical (unpaired) electrons. The number of halogens is 2. The van der Waals surface area contributed by atoms with Crippen LogP contribution >= 0.6 is 23.2 Å². The predicted molar refractivity (Wildman–Crippen MR) is 86.6 cm³/mol. The van der Waals surface area contributed by atoms with Gasteiger partial charge in [-0.1, -0.05) is 17.7 Å². The van der Waals surface area contributed by atoms with Gasteiger partial charge in [-0.2, -0.15) is 5.10 Å². The molecule has 0 aliphatic rings. The monoisotopic (exact) mass is 322 g/mol. The van der Waals surface area contributed by atoms with E-state index in [0.29, 0.717) is 5.88 Å². The van der Waals surface area contributed by atoms with E-state index in [0.717, 1.165) is 45.5 Å². The standard InChI is InChI=1S/C15H16Cl2N4/c1-4-20-15-14(10(3)19-20)18-13(8-16)21(15)11-6-5-9(2)12(17)7-11/h5-7H,4,8H2,1-3H3. The van der Waals surface area contributed by atoms with Crippen LogP contribution in [0, 0.1) is 13.8 Å². The summed E-state index contributed by atoms with van der Waals surface area (Å²) in [5, 5.41) is 5.26. The molecule has 6 heteroatoms. The van der Waals surface area contributed by atoms with Crippen molar-refractivity contribution in [2.75, 3.05) is 0 Å². The Kier molecular flexibility index (Phi) is 3.68. The summed E-state index contributed by atoms with van der Waals surface area (Å²) in [4.78, 5) is 4.63. The molecule has 0 saturated carbocycles. The molecular formula is C15H16Cl2N4. The minimum absolute atomic E-state index is 0.337. The number of hydrogen-bond donors (Lipinski definition) is 0. The number of alkyl halides is 1. The summed E-state index contributed by atoms with van der Waals surface area (Å²) < 4.78 is 3.98. The number of rotatable bonds is 3. The molecular weight excluding hydrogens is 307 g/mol. The van der Waals surface area contributed by atoms with Crippen molar-refractivity contribution < 1.29 is 0 Å². The smallest absolute Gasteiger partial charge is 0.163 e. The van der Waals surface area contributed by atoms with Crippen LogP contribution in [0.3, 0.4) is 0 Å². The van der Waals surface area contributed by atoms with Crippen LogP contribution in [0.25, 0.3) is 16.9 Å². The highest BCUT2D eigenvalue weighted by Crippen LogP contribution is 2.27. The summed E-state index contributed by atoms with van der Waals surface area (Å²) >= 11 is 12.4. The zero-order chi connectivity index (χ0) is 15.1. The lowest BCUT2D eigenvalue weighted by Crippen LogP contribution is -2.06.